The van der Waals surface area contributed by atoms with E-state index in [0.717, 1.165) is 24.3 Å². The highest BCUT2D eigenvalue weighted by Gasteiger charge is 2.34. The molecule has 0 saturated carbocycles. The highest BCUT2D eigenvalue weighted by molar-refractivity contribution is 7.98. The van der Waals surface area contributed by atoms with E-state index >= 15 is 0 Å². The van der Waals surface area contributed by atoms with E-state index < -0.39 is 17.6 Å². The maximum absolute atomic E-state index is 12.8. The molecule has 0 heterocycles. The Hall–Kier alpha value is -1.37. The first-order valence-corrected chi connectivity index (χ1v) is 7.80. The number of carbonyl (C=O) groups excluding carboxylic acids is 1. The Morgan fingerprint density at radius 3 is 2.57 bits per heavy atom. The Labute approximate surface area is 126 Å². The van der Waals surface area contributed by atoms with E-state index in [4.69, 9.17) is 5.73 Å². The molecular weight excluding hydrogens is 301 g/mol. The molecule has 7 heteroatoms. The summed E-state index contributed by atoms with van der Waals surface area (Å²) < 4.78 is 38.4. The summed E-state index contributed by atoms with van der Waals surface area (Å²) in [6, 6.07) is 3.22. The van der Waals surface area contributed by atoms with Crippen molar-refractivity contribution in [1.29, 1.82) is 0 Å². The Morgan fingerprint density at radius 1 is 1.43 bits per heavy atom. The molecule has 1 amide bonds. The van der Waals surface area contributed by atoms with E-state index in [0.29, 0.717) is 0 Å². The van der Waals surface area contributed by atoms with E-state index in [1.54, 1.807) is 18.8 Å². The number of carbonyl (C=O) groups is 1. The van der Waals surface area contributed by atoms with Crippen LogP contribution in [0.1, 0.15) is 29.3 Å². The molecular formula is C14H19F3N2OS. The van der Waals surface area contributed by atoms with Gasteiger partial charge >= 0.3 is 6.18 Å². The first kappa shape index (κ1) is 17.7. The lowest BCUT2D eigenvalue weighted by atomic mass is 10.1. The molecule has 1 unspecified atom stereocenters. The molecule has 2 N–H and O–H groups in total. The van der Waals surface area contributed by atoms with Crippen LogP contribution < -0.4 is 5.73 Å². The number of anilines is 1. The quantitative estimate of drug-likeness (QED) is 0.845. The standard InChI is InChI=1S/C14H19F3N2OS/c1-9(6-7-21-3)19(2)13(20)10-4-5-12(18)11(8-10)14(15,16)17/h4-5,8-9H,6-7,18H2,1-3H3. The average molecular weight is 320 g/mol. The molecule has 1 atom stereocenters. The van der Waals surface area contributed by atoms with Crippen LogP contribution in [0.5, 0.6) is 0 Å². The maximum Gasteiger partial charge on any atom is 0.418 e. The summed E-state index contributed by atoms with van der Waals surface area (Å²) in [6.07, 6.45) is -1.82. The molecule has 0 aliphatic heterocycles. The van der Waals surface area contributed by atoms with Crippen LogP contribution in [-0.4, -0.2) is 35.9 Å². The monoisotopic (exact) mass is 320 g/mol. The number of thioether (sulfide) groups is 1. The van der Waals surface area contributed by atoms with Gasteiger partial charge in [0.1, 0.15) is 0 Å². The second-order valence-corrected chi connectivity index (χ2v) is 5.83. The van der Waals surface area contributed by atoms with Crippen molar-refractivity contribution < 1.29 is 18.0 Å². The Kier molecular flexibility index (Phi) is 5.95. The Balaban J connectivity index is 2.98. The van der Waals surface area contributed by atoms with Gasteiger partial charge in [-0.2, -0.15) is 24.9 Å². The molecule has 0 spiro atoms. The number of amides is 1. The zero-order valence-electron chi connectivity index (χ0n) is 12.2. The van der Waals surface area contributed by atoms with Gasteiger partial charge < -0.3 is 10.6 Å². The molecule has 118 valence electrons. The smallest absolute Gasteiger partial charge is 0.398 e. The van der Waals surface area contributed by atoms with Crippen molar-refractivity contribution in [3.8, 4) is 0 Å². The van der Waals surface area contributed by atoms with Gasteiger partial charge in [0.05, 0.1) is 5.56 Å². The molecule has 0 aliphatic carbocycles. The molecule has 3 nitrogen and oxygen atoms in total. The van der Waals surface area contributed by atoms with Gasteiger partial charge in [-0.3, -0.25) is 4.79 Å². The van der Waals surface area contributed by atoms with E-state index in [9.17, 15) is 18.0 Å². The second kappa shape index (κ2) is 7.06. The van der Waals surface area contributed by atoms with Crippen LogP contribution in [0, 0.1) is 0 Å². The van der Waals surface area contributed by atoms with Crippen LogP contribution in [0.25, 0.3) is 0 Å². The zero-order chi connectivity index (χ0) is 16.2. The maximum atomic E-state index is 12.8. The number of rotatable bonds is 5. The van der Waals surface area contributed by atoms with Gasteiger partial charge in [0.25, 0.3) is 5.91 Å². The molecule has 1 aromatic rings. The van der Waals surface area contributed by atoms with E-state index in [-0.39, 0.29) is 17.3 Å². The fourth-order valence-electron chi connectivity index (χ4n) is 1.82. The third-order valence-electron chi connectivity index (χ3n) is 3.33. The van der Waals surface area contributed by atoms with Crippen molar-refractivity contribution in [3.05, 3.63) is 29.3 Å². The molecule has 0 fully saturated rings. The van der Waals surface area contributed by atoms with Crippen molar-refractivity contribution in [2.75, 3.05) is 24.8 Å². The summed E-state index contributed by atoms with van der Waals surface area (Å²) in [7, 11) is 1.59. The van der Waals surface area contributed by atoms with Crippen LogP contribution in [0.2, 0.25) is 0 Å². The predicted octanol–water partition coefficient (Wildman–Crippen LogP) is 3.50. The molecule has 0 bridgehead atoms. The van der Waals surface area contributed by atoms with Crippen molar-refractivity contribution >= 4 is 23.4 Å². The van der Waals surface area contributed by atoms with Gasteiger partial charge in [-0.15, -0.1) is 0 Å². The average Bonchev–Trinajstić information content (AvgIpc) is 2.42. The van der Waals surface area contributed by atoms with Crippen LogP contribution in [0.15, 0.2) is 18.2 Å². The van der Waals surface area contributed by atoms with Crippen LogP contribution in [0.4, 0.5) is 18.9 Å². The van der Waals surface area contributed by atoms with Crippen LogP contribution >= 0.6 is 11.8 Å². The number of alkyl halides is 3. The minimum absolute atomic E-state index is 0.00461. The van der Waals surface area contributed by atoms with E-state index in [1.165, 1.54) is 11.0 Å². The van der Waals surface area contributed by atoms with Gasteiger partial charge in [0.2, 0.25) is 0 Å². The summed E-state index contributed by atoms with van der Waals surface area (Å²) in [6.45, 7) is 1.87. The highest BCUT2D eigenvalue weighted by atomic mass is 32.2. The minimum atomic E-state index is -4.57. The molecule has 0 aliphatic rings. The minimum Gasteiger partial charge on any atom is -0.398 e. The van der Waals surface area contributed by atoms with Gasteiger partial charge in [0.15, 0.2) is 0 Å². The first-order chi connectivity index (χ1) is 9.68. The fraction of sp³-hybridized carbons (Fsp3) is 0.500. The Bertz CT molecular complexity index is 505. The largest absolute Gasteiger partial charge is 0.418 e. The number of halogens is 3. The SMILES string of the molecule is CSCCC(C)N(C)C(=O)c1ccc(N)c(C(F)(F)F)c1. The van der Waals surface area contributed by atoms with Crippen LogP contribution in [0.3, 0.4) is 0 Å². The number of benzene rings is 1. The molecule has 0 radical (unpaired) electrons. The molecule has 1 aromatic carbocycles. The molecule has 0 aromatic heterocycles. The summed E-state index contributed by atoms with van der Waals surface area (Å²) in [4.78, 5) is 13.7. The van der Waals surface area contributed by atoms with E-state index in [2.05, 4.69) is 0 Å². The van der Waals surface area contributed by atoms with Crippen LogP contribution in [-0.2, 0) is 6.18 Å². The first-order valence-electron chi connectivity index (χ1n) is 6.41. The normalized spacial score (nSPS) is 13.0. The fourth-order valence-corrected chi connectivity index (χ4v) is 2.40. The van der Waals surface area contributed by atoms with Gasteiger partial charge in [-0.1, -0.05) is 0 Å². The summed E-state index contributed by atoms with van der Waals surface area (Å²) in [5.41, 5.74) is 3.97. The van der Waals surface area contributed by atoms with Crippen molar-refractivity contribution in [1.82, 2.24) is 4.90 Å². The number of nitrogens with two attached hydrogens (primary N) is 1. The van der Waals surface area contributed by atoms with Gasteiger partial charge in [-0.05, 0) is 43.6 Å². The lowest BCUT2D eigenvalue weighted by Gasteiger charge is -2.25. The van der Waals surface area contributed by atoms with E-state index in [1.807, 2.05) is 13.2 Å². The summed E-state index contributed by atoms with van der Waals surface area (Å²) in [5.74, 6) is 0.447. The molecule has 0 saturated heterocycles. The number of hydrogen-bond donors (Lipinski definition) is 1. The van der Waals surface area contributed by atoms with Crippen molar-refractivity contribution in [3.63, 3.8) is 0 Å². The number of hydrogen-bond acceptors (Lipinski definition) is 3. The predicted molar refractivity (Wildman–Crippen MR) is 80.4 cm³/mol. The number of nitrogens with zero attached hydrogens (tertiary/aromatic N) is 1. The highest BCUT2D eigenvalue weighted by Crippen LogP contribution is 2.34. The lowest BCUT2D eigenvalue weighted by molar-refractivity contribution is -0.136. The van der Waals surface area contributed by atoms with Gasteiger partial charge in [-0.25, -0.2) is 0 Å². The van der Waals surface area contributed by atoms with Crippen molar-refractivity contribution in [2.45, 2.75) is 25.6 Å². The lowest BCUT2D eigenvalue weighted by Crippen LogP contribution is -2.35. The van der Waals surface area contributed by atoms with Crippen molar-refractivity contribution in [2.24, 2.45) is 0 Å². The third-order valence-corrected chi connectivity index (χ3v) is 3.97. The molecule has 21 heavy (non-hydrogen) atoms. The van der Waals surface area contributed by atoms with Gasteiger partial charge in [0, 0.05) is 24.3 Å². The summed E-state index contributed by atoms with van der Waals surface area (Å²) >= 11 is 1.66. The molecule has 1 rings (SSSR count). The number of nitrogen functional groups attached to an aromatic ring is 1. The summed E-state index contributed by atoms with van der Waals surface area (Å²) in [5, 5.41) is 0. The second-order valence-electron chi connectivity index (χ2n) is 4.85. The zero-order valence-corrected chi connectivity index (χ0v) is 13.0. The Morgan fingerprint density at radius 2 is 2.05 bits per heavy atom. The third kappa shape index (κ3) is 4.56. The topological polar surface area (TPSA) is 46.3 Å².